The predicted molar refractivity (Wildman–Crippen MR) is 111 cm³/mol. The summed E-state index contributed by atoms with van der Waals surface area (Å²) in [6.07, 6.45) is 4.18. The van der Waals surface area contributed by atoms with E-state index in [-0.39, 0.29) is 18.2 Å². The van der Waals surface area contributed by atoms with Crippen LogP contribution >= 0.6 is 0 Å². The molecule has 0 fully saturated rings. The average molecular weight is 403 g/mol. The van der Waals surface area contributed by atoms with E-state index in [0.29, 0.717) is 0 Å². The number of benzene rings is 3. The van der Waals surface area contributed by atoms with Crippen LogP contribution in [0.3, 0.4) is 0 Å². The smallest absolute Gasteiger partial charge is 0.173 e. The number of aromatic nitrogens is 2. The van der Waals surface area contributed by atoms with Gasteiger partial charge in [-0.2, -0.15) is 0 Å². The van der Waals surface area contributed by atoms with Crippen LogP contribution in [0.1, 0.15) is 11.1 Å². The normalized spacial score (nSPS) is 10.9. The average Bonchev–Trinajstić information content (AvgIpc) is 3.05. The van der Waals surface area contributed by atoms with E-state index < -0.39 is 0 Å². The van der Waals surface area contributed by atoms with E-state index in [1.807, 2.05) is 12.1 Å². The molecular formula is C25H20ClFN2. The molecule has 0 aliphatic rings. The van der Waals surface area contributed by atoms with Gasteiger partial charge in [-0.1, -0.05) is 36.4 Å². The van der Waals surface area contributed by atoms with Gasteiger partial charge in [0.15, 0.2) is 18.9 Å². The number of nitrogens with zero attached hydrogens (tertiary/aromatic N) is 2. The molecule has 0 bridgehead atoms. The van der Waals surface area contributed by atoms with Crippen LogP contribution in [0.15, 0.2) is 97.3 Å². The second-order valence-corrected chi connectivity index (χ2v) is 7.13. The van der Waals surface area contributed by atoms with Crippen LogP contribution in [0.25, 0.3) is 21.8 Å². The van der Waals surface area contributed by atoms with E-state index in [9.17, 15) is 4.39 Å². The highest BCUT2D eigenvalue weighted by Crippen LogP contribution is 2.29. The summed E-state index contributed by atoms with van der Waals surface area (Å²) in [6, 6.07) is 28.1. The fourth-order valence-corrected chi connectivity index (χ4v) is 3.86. The first-order chi connectivity index (χ1) is 13.8. The standard InChI is InChI=1S/C25H20FN2.ClH/c26-21-11-9-19(10-12-21)17-27-15-13-20(14-16-27)18-28-24-7-3-1-5-22(24)23-6-2-4-8-25(23)28;/h1-16H,17-18H2;1H/q+1;/p-1. The van der Waals surface area contributed by atoms with Crippen LogP contribution in [-0.2, 0) is 13.1 Å². The molecule has 0 saturated heterocycles. The lowest BCUT2D eigenvalue weighted by Gasteiger charge is -2.07. The van der Waals surface area contributed by atoms with Gasteiger partial charge in [0.25, 0.3) is 0 Å². The van der Waals surface area contributed by atoms with Gasteiger partial charge in [-0.05, 0) is 42.0 Å². The number of rotatable bonds is 4. The van der Waals surface area contributed by atoms with Gasteiger partial charge in [-0.15, -0.1) is 0 Å². The molecule has 2 heterocycles. The lowest BCUT2D eigenvalue weighted by atomic mass is 10.2. The molecule has 0 radical (unpaired) electrons. The van der Waals surface area contributed by atoms with Crippen molar-refractivity contribution in [2.75, 3.05) is 0 Å². The van der Waals surface area contributed by atoms with Crippen LogP contribution < -0.4 is 17.0 Å². The SMILES string of the molecule is Fc1ccc(C[n+]2ccc(Cn3c4ccccc4c4ccccc43)cc2)cc1.[Cl-]. The van der Waals surface area contributed by atoms with Gasteiger partial charge in [-0.3, -0.25) is 0 Å². The summed E-state index contributed by atoms with van der Waals surface area (Å²) in [5.74, 6) is -0.199. The van der Waals surface area contributed by atoms with Crippen LogP contribution in [0, 0.1) is 5.82 Å². The summed E-state index contributed by atoms with van der Waals surface area (Å²) in [6.45, 7) is 1.56. The van der Waals surface area contributed by atoms with E-state index in [0.717, 1.165) is 18.7 Å². The maximum absolute atomic E-state index is 13.1. The lowest BCUT2D eigenvalue weighted by Crippen LogP contribution is -3.00. The highest BCUT2D eigenvalue weighted by Gasteiger charge is 2.11. The molecule has 0 unspecified atom stereocenters. The van der Waals surface area contributed by atoms with Crippen molar-refractivity contribution >= 4 is 21.8 Å². The largest absolute Gasteiger partial charge is 1.00 e. The van der Waals surface area contributed by atoms with Gasteiger partial charge in [0, 0.05) is 46.0 Å². The second kappa shape index (κ2) is 8.06. The van der Waals surface area contributed by atoms with Gasteiger partial charge in [0.2, 0.25) is 0 Å². The third-order valence-corrected chi connectivity index (χ3v) is 5.26. The third kappa shape index (κ3) is 3.74. The van der Waals surface area contributed by atoms with Gasteiger partial charge in [0.05, 0.1) is 0 Å². The Morgan fingerprint density at radius 2 is 1.21 bits per heavy atom. The van der Waals surface area contributed by atoms with E-state index >= 15 is 0 Å². The molecule has 29 heavy (non-hydrogen) atoms. The quantitative estimate of drug-likeness (QED) is 0.408. The number of halogens is 2. The topological polar surface area (TPSA) is 8.81 Å². The summed E-state index contributed by atoms with van der Waals surface area (Å²) in [7, 11) is 0. The van der Waals surface area contributed by atoms with Crippen molar-refractivity contribution in [3.63, 3.8) is 0 Å². The van der Waals surface area contributed by atoms with Crippen LogP contribution in [0.4, 0.5) is 4.39 Å². The van der Waals surface area contributed by atoms with Crippen LogP contribution in [-0.4, -0.2) is 4.57 Å². The molecule has 0 N–H and O–H groups in total. The van der Waals surface area contributed by atoms with E-state index in [4.69, 9.17) is 0 Å². The zero-order valence-corrected chi connectivity index (χ0v) is 16.6. The Labute approximate surface area is 175 Å². The molecular weight excluding hydrogens is 383 g/mol. The molecule has 0 atom stereocenters. The zero-order chi connectivity index (χ0) is 18.9. The maximum Gasteiger partial charge on any atom is 0.173 e. The van der Waals surface area contributed by atoms with Crippen molar-refractivity contribution in [1.82, 2.24) is 4.57 Å². The minimum absolute atomic E-state index is 0. The molecule has 0 saturated carbocycles. The zero-order valence-electron chi connectivity index (χ0n) is 15.8. The molecule has 2 aromatic heterocycles. The first kappa shape index (κ1) is 19.2. The van der Waals surface area contributed by atoms with Gasteiger partial charge >= 0.3 is 0 Å². The van der Waals surface area contributed by atoms with Crippen LogP contribution in [0.5, 0.6) is 0 Å². The monoisotopic (exact) mass is 402 g/mol. The minimum atomic E-state index is -0.199. The highest BCUT2D eigenvalue weighted by molar-refractivity contribution is 6.08. The number of hydrogen-bond donors (Lipinski definition) is 0. The minimum Gasteiger partial charge on any atom is -1.00 e. The van der Waals surface area contributed by atoms with Crippen molar-refractivity contribution in [3.05, 3.63) is 114 Å². The Kier molecular flexibility index (Phi) is 5.32. The summed E-state index contributed by atoms with van der Waals surface area (Å²) >= 11 is 0. The molecule has 144 valence electrons. The molecule has 2 nitrogen and oxygen atoms in total. The van der Waals surface area contributed by atoms with Crippen molar-refractivity contribution in [2.45, 2.75) is 13.1 Å². The van der Waals surface area contributed by atoms with Crippen molar-refractivity contribution in [1.29, 1.82) is 0 Å². The predicted octanol–water partition coefficient (Wildman–Crippen LogP) is 2.32. The molecule has 0 aliphatic heterocycles. The second-order valence-electron chi connectivity index (χ2n) is 7.13. The van der Waals surface area contributed by atoms with Crippen LogP contribution in [0.2, 0.25) is 0 Å². The molecule has 3 aromatic carbocycles. The Hall–Kier alpha value is -3.17. The van der Waals surface area contributed by atoms with Crippen molar-refractivity contribution in [2.24, 2.45) is 0 Å². The lowest BCUT2D eigenvalue weighted by molar-refractivity contribution is -0.688. The first-order valence-corrected chi connectivity index (χ1v) is 9.46. The Bertz CT molecular complexity index is 1200. The fourth-order valence-electron chi connectivity index (χ4n) is 3.86. The first-order valence-electron chi connectivity index (χ1n) is 9.46. The summed E-state index contributed by atoms with van der Waals surface area (Å²) in [5.41, 5.74) is 4.85. The molecule has 0 aliphatic carbocycles. The number of fused-ring (bicyclic) bond motifs is 3. The molecule has 5 aromatic rings. The van der Waals surface area contributed by atoms with Gasteiger partial charge in [0.1, 0.15) is 5.82 Å². The molecule has 5 rings (SSSR count). The summed E-state index contributed by atoms with van der Waals surface area (Å²) in [5, 5.41) is 2.58. The van der Waals surface area contributed by atoms with Gasteiger partial charge < -0.3 is 17.0 Å². The van der Waals surface area contributed by atoms with Crippen molar-refractivity contribution < 1.29 is 21.4 Å². The Balaban J connectivity index is 0.00000205. The molecule has 0 amide bonds. The number of pyridine rings is 1. The van der Waals surface area contributed by atoms with E-state index in [1.54, 1.807) is 0 Å². The van der Waals surface area contributed by atoms with Crippen molar-refractivity contribution in [3.8, 4) is 0 Å². The summed E-state index contributed by atoms with van der Waals surface area (Å²) in [4.78, 5) is 0. The third-order valence-electron chi connectivity index (χ3n) is 5.26. The summed E-state index contributed by atoms with van der Waals surface area (Å²) < 4.78 is 17.6. The molecule has 4 heteroatoms. The van der Waals surface area contributed by atoms with E-state index in [2.05, 4.69) is 82.2 Å². The Morgan fingerprint density at radius 1 is 0.655 bits per heavy atom. The fraction of sp³-hybridized carbons (Fsp3) is 0.0800. The van der Waals surface area contributed by atoms with E-state index in [1.165, 1.54) is 39.5 Å². The highest BCUT2D eigenvalue weighted by atomic mass is 35.5. The van der Waals surface area contributed by atoms with Gasteiger partial charge in [-0.25, -0.2) is 8.96 Å². The Morgan fingerprint density at radius 3 is 1.79 bits per heavy atom. The number of para-hydroxylation sites is 2. The number of hydrogen-bond acceptors (Lipinski definition) is 0. The molecule has 0 spiro atoms. The maximum atomic E-state index is 13.1.